The topological polar surface area (TPSA) is 105 Å². The number of nitrogens with zero attached hydrogens (tertiary/aromatic N) is 2. The molecule has 8 nitrogen and oxygen atoms in total. The van der Waals surface area contributed by atoms with Crippen LogP contribution in [0, 0.1) is 0 Å². The number of sulfone groups is 1. The second kappa shape index (κ2) is 8.08. The Kier molecular flexibility index (Phi) is 5.79. The summed E-state index contributed by atoms with van der Waals surface area (Å²) in [4.78, 5) is 24.8. The number of anilines is 1. The number of ether oxygens (including phenoxy) is 1. The molecule has 27 heavy (non-hydrogen) atoms. The highest BCUT2D eigenvalue weighted by Crippen LogP contribution is 2.25. The molecule has 2 amide bonds. The maximum Gasteiger partial charge on any atom is 0.271 e. The first-order chi connectivity index (χ1) is 12.9. The van der Waals surface area contributed by atoms with E-state index in [1.54, 1.807) is 18.2 Å². The van der Waals surface area contributed by atoms with Crippen LogP contribution >= 0.6 is 0 Å². The fourth-order valence-corrected chi connectivity index (χ4v) is 4.78. The molecule has 3 rings (SSSR count). The summed E-state index contributed by atoms with van der Waals surface area (Å²) in [6.45, 7) is 2.53. The molecule has 2 heterocycles. The monoisotopic (exact) mass is 393 g/mol. The summed E-state index contributed by atoms with van der Waals surface area (Å²) in [5, 5.41) is 8.14. The zero-order valence-corrected chi connectivity index (χ0v) is 16.0. The summed E-state index contributed by atoms with van der Waals surface area (Å²) in [6, 6.07) is 6.62. The molecule has 0 saturated carbocycles. The van der Waals surface area contributed by atoms with E-state index in [-0.39, 0.29) is 36.0 Å². The van der Waals surface area contributed by atoms with Crippen molar-refractivity contribution in [3.05, 3.63) is 24.3 Å². The fourth-order valence-electron chi connectivity index (χ4n) is 3.09. The standard InChI is InChI=1S/C18H23N3O5S/c1-2-10-26-16-6-4-3-5-14(16)19-18(23)15-7-8-17(22)21(20-15)13-9-11-27(24,25)12-13/h3-6,13H,2,7-12H2,1H3,(H,19,23)/t13-/m1/s1. The molecule has 2 aliphatic rings. The molecule has 2 aliphatic heterocycles. The van der Waals surface area contributed by atoms with Gasteiger partial charge in [-0.3, -0.25) is 9.59 Å². The quantitative estimate of drug-likeness (QED) is 0.790. The van der Waals surface area contributed by atoms with Crippen molar-refractivity contribution in [2.45, 2.75) is 38.6 Å². The van der Waals surface area contributed by atoms with E-state index in [0.29, 0.717) is 24.5 Å². The molecule has 146 valence electrons. The number of rotatable bonds is 6. The maximum absolute atomic E-state index is 12.6. The lowest BCUT2D eigenvalue weighted by Crippen LogP contribution is -2.42. The second-order valence-corrected chi connectivity index (χ2v) is 8.87. The lowest BCUT2D eigenvalue weighted by Gasteiger charge is -2.27. The molecule has 1 saturated heterocycles. The summed E-state index contributed by atoms with van der Waals surface area (Å²) in [6.07, 6.45) is 1.55. The third-order valence-corrected chi connectivity index (χ3v) is 6.22. The highest BCUT2D eigenvalue weighted by molar-refractivity contribution is 7.91. The van der Waals surface area contributed by atoms with Gasteiger partial charge in [-0.1, -0.05) is 19.1 Å². The van der Waals surface area contributed by atoms with Crippen LogP contribution < -0.4 is 10.1 Å². The van der Waals surface area contributed by atoms with Crippen LogP contribution in [0.25, 0.3) is 0 Å². The van der Waals surface area contributed by atoms with E-state index < -0.39 is 21.8 Å². The van der Waals surface area contributed by atoms with Gasteiger partial charge < -0.3 is 10.1 Å². The minimum absolute atomic E-state index is 0.0423. The Labute approximate surface area is 158 Å². The highest BCUT2D eigenvalue weighted by Gasteiger charge is 2.37. The molecule has 1 atom stereocenters. The molecule has 9 heteroatoms. The number of hydrogen-bond donors (Lipinski definition) is 1. The van der Waals surface area contributed by atoms with E-state index >= 15 is 0 Å². The van der Waals surface area contributed by atoms with Crippen molar-refractivity contribution < 1.29 is 22.7 Å². The van der Waals surface area contributed by atoms with Gasteiger partial charge in [-0.25, -0.2) is 13.4 Å². The van der Waals surface area contributed by atoms with Crippen LogP contribution in [-0.2, 0) is 19.4 Å². The summed E-state index contributed by atoms with van der Waals surface area (Å²) < 4.78 is 29.0. The molecule has 0 aliphatic carbocycles. The average Bonchev–Trinajstić information content (AvgIpc) is 3.01. The molecular formula is C18H23N3O5S. The Morgan fingerprint density at radius 1 is 1.33 bits per heavy atom. The zero-order valence-electron chi connectivity index (χ0n) is 15.2. The molecule has 0 radical (unpaired) electrons. The smallest absolute Gasteiger partial charge is 0.271 e. The first-order valence-electron chi connectivity index (χ1n) is 9.03. The van der Waals surface area contributed by atoms with Crippen molar-refractivity contribution in [2.75, 3.05) is 23.4 Å². The van der Waals surface area contributed by atoms with Crippen molar-refractivity contribution in [3.63, 3.8) is 0 Å². The van der Waals surface area contributed by atoms with Crippen molar-refractivity contribution in [1.82, 2.24) is 5.01 Å². The van der Waals surface area contributed by atoms with Crippen molar-refractivity contribution in [3.8, 4) is 5.75 Å². The van der Waals surface area contributed by atoms with Gasteiger partial charge in [0.05, 0.1) is 29.8 Å². The summed E-state index contributed by atoms with van der Waals surface area (Å²) >= 11 is 0. The third kappa shape index (κ3) is 4.65. The van der Waals surface area contributed by atoms with Crippen LogP contribution in [0.5, 0.6) is 5.75 Å². The Bertz CT molecular complexity index is 866. The van der Waals surface area contributed by atoms with Gasteiger partial charge in [0, 0.05) is 12.8 Å². The average molecular weight is 393 g/mol. The Balaban J connectivity index is 1.75. The number of hydrazone groups is 1. The molecule has 1 aromatic rings. The summed E-state index contributed by atoms with van der Waals surface area (Å²) in [5.74, 6) is -0.161. The van der Waals surface area contributed by atoms with Crippen LogP contribution in [0.15, 0.2) is 29.4 Å². The first-order valence-corrected chi connectivity index (χ1v) is 10.8. The number of carbonyl (C=O) groups is 2. The Morgan fingerprint density at radius 3 is 2.81 bits per heavy atom. The lowest BCUT2D eigenvalue weighted by molar-refractivity contribution is -0.133. The molecule has 1 fully saturated rings. The van der Waals surface area contributed by atoms with Crippen molar-refractivity contribution >= 4 is 33.1 Å². The number of carbonyl (C=O) groups excluding carboxylic acids is 2. The second-order valence-electron chi connectivity index (χ2n) is 6.64. The number of benzene rings is 1. The fraction of sp³-hybridized carbons (Fsp3) is 0.500. The van der Waals surface area contributed by atoms with Crippen LogP contribution in [0.4, 0.5) is 5.69 Å². The molecular weight excluding hydrogens is 370 g/mol. The minimum atomic E-state index is -3.15. The zero-order chi connectivity index (χ0) is 19.4. The Hall–Kier alpha value is -2.42. The Morgan fingerprint density at radius 2 is 2.11 bits per heavy atom. The molecule has 0 unspecified atom stereocenters. The summed E-state index contributed by atoms with van der Waals surface area (Å²) in [7, 11) is -3.15. The largest absolute Gasteiger partial charge is 0.491 e. The van der Waals surface area contributed by atoms with Gasteiger partial charge in [-0.2, -0.15) is 5.10 Å². The first kappa shape index (κ1) is 19.3. The van der Waals surface area contributed by atoms with Gasteiger partial charge in [0.2, 0.25) is 5.91 Å². The van der Waals surface area contributed by atoms with E-state index in [4.69, 9.17) is 4.74 Å². The predicted octanol–water partition coefficient (Wildman–Crippen LogP) is 1.58. The number of para-hydroxylation sites is 2. The van der Waals surface area contributed by atoms with Gasteiger partial charge >= 0.3 is 0 Å². The molecule has 0 spiro atoms. The molecule has 1 aromatic carbocycles. The van der Waals surface area contributed by atoms with Crippen LogP contribution in [0.3, 0.4) is 0 Å². The minimum Gasteiger partial charge on any atom is -0.491 e. The number of amides is 2. The predicted molar refractivity (Wildman–Crippen MR) is 101 cm³/mol. The third-order valence-electron chi connectivity index (χ3n) is 4.47. The van der Waals surface area contributed by atoms with Crippen molar-refractivity contribution in [2.24, 2.45) is 5.10 Å². The van der Waals surface area contributed by atoms with E-state index in [2.05, 4.69) is 10.4 Å². The lowest BCUT2D eigenvalue weighted by atomic mass is 10.1. The van der Waals surface area contributed by atoms with E-state index in [9.17, 15) is 18.0 Å². The molecule has 0 aromatic heterocycles. The van der Waals surface area contributed by atoms with Crippen LogP contribution in [0.2, 0.25) is 0 Å². The highest BCUT2D eigenvalue weighted by atomic mass is 32.2. The van der Waals surface area contributed by atoms with E-state index in [1.807, 2.05) is 13.0 Å². The van der Waals surface area contributed by atoms with Gasteiger partial charge in [0.1, 0.15) is 11.5 Å². The molecule has 0 bridgehead atoms. The van der Waals surface area contributed by atoms with Crippen LogP contribution in [0.1, 0.15) is 32.6 Å². The normalized spacial score (nSPS) is 21.7. The SMILES string of the molecule is CCCOc1ccccc1NC(=O)C1=NN([C@@H]2CCS(=O)(=O)C2)C(=O)CC1. The van der Waals surface area contributed by atoms with Gasteiger partial charge in [0.25, 0.3) is 5.91 Å². The number of hydrogen-bond acceptors (Lipinski definition) is 6. The van der Waals surface area contributed by atoms with E-state index in [0.717, 1.165) is 6.42 Å². The maximum atomic E-state index is 12.6. The van der Waals surface area contributed by atoms with E-state index in [1.165, 1.54) is 5.01 Å². The van der Waals surface area contributed by atoms with Gasteiger partial charge in [-0.05, 0) is 25.0 Å². The molecule has 1 N–H and O–H groups in total. The van der Waals surface area contributed by atoms with Gasteiger partial charge in [0.15, 0.2) is 9.84 Å². The summed E-state index contributed by atoms with van der Waals surface area (Å²) in [5.41, 5.74) is 0.745. The van der Waals surface area contributed by atoms with Crippen molar-refractivity contribution in [1.29, 1.82) is 0 Å². The van der Waals surface area contributed by atoms with Gasteiger partial charge in [-0.15, -0.1) is 0 Å². The van der Waals surface area contributed by atoms with Crippen LogP contribution in [-0.4, -0.2) is 55.1 Å². The number of nitrogens with one attached hydrogen (secondary N) is 1.